The molecule has 3 nitrogen and oxygen atoms in total. The Labute approximate surface area is 166 Å². The molecule has 2 rings (SSSR count). The molecule has 0 bridgehead atoms. The molecule has 27 heavy (non-hydrogen) atoms. The van der Waals surface area contributed by atoms with Gasteiger partial charge in [0.15, 0.2) is 0 Å². The highest BCUT2D eigenvalue weighted by atomic mass is 16.5. The molecule has 1 aliphatic heterocycles. The van der Waals surface area contributed by atoms with Gasteiger partial charge in [-0.15, -0.1) is 0 Å². The lowest BCUT2D eigenvalue weighted by atomic mass is 9.72. The fraction of sp³-hybridized carbons (Fsp3) is 0.667. The molecule has 1 aliphatic rings. The van der Waals surface area contributed by atoms with Crippen molar-refractivity contribution in [3.05, 3.63) is 42.5 Å². The van der Waals surface area contributed by atoms with E-state index in [1.165, 1.54) is 18.4 Å². The van der Waals surface area contributed by atoms with Gasteiger partial charge in [0.25, 0.3) is 0 Å². The number of hydrogen-bond acceptors (Lipinski definition) is 2. The number of benzene rings is 1. The average molecular weight is 375 g/mol. The van der Waals surface area contributed by atoms with Gasteiger partial charge < -0.3 is 14.3 Å². The largest absolute Gasteiger partial charge is 0.491 e. The maximum absolute atomic E-state index is 10.5. The summed E-state index contributed by atoms with van der Waals surface area (Å²) in [6.45, 7) is 19.7. The van der Waals surface area contributed by atoms with Crippen LogP contribution >= 0.6 is 0 Å². The van der Waals surface area contributed by atoms with Crippen LogP contribution in [0.3, 0.4) is 0 Å². The summed E-state index contributed by atoms with van der Waals surface area (Å²) in [6.07, 6.45) is 5.15. The number of ether oxygens (including phenoxy) is 1. The molecule has 0 spiro atoms. The van der Waals surface area contributed by atoms with Crippen molar-refractivity contribution in [3.8, 4) is 5.75 Å². The molecule has 1 aromatic rings. The number of likely N-dealkylation sites (tertiary alicyclic amines) is 1. The van der Waals surface area contributed by atoms with Gasteiger partial charge in [-0.25, -0.2) is 0 Å². The molecule has 1 atom stereocenters. The second-order valence-corrected chi connectivity index (χ2v) is 10.3. The summed E-state index contributed by atoms with van der Waals surface area (Å²) in [7, 11) is 0. The first kappa shape index (κ1) is 22.0. The minimum absolute atomic E-state index is 0.132. The lowest BCUT2D eigenvalue weighted by Gasteiger charge is -2.35. The predicted molar refractivity (Wildman–Crippen MR) is 114 cm³/mol. The zero-order valence-electron chi connectivity index (χ0n) is 18.1. The summed E-state index contributed by atoms with van der Waals surface area (Å²) in [5.74, 6) is 0.834. The number of aliphatic hydroxyl groups excluding tert-OH is 1. The van der Waals surface area contributed by atoms with Crippen LogP contribution in [-0.4, -0.2) is 48.5 Å². The van der Waals surface area contributed by atoms with E-state index in [2.05, 4.69) is 53.3 Å². The molecule has 1 aromatic carbocycles. The van der Waals surface area contributed by atoms with Crippen LogP contribution in [0, 0.1) is 5.41 Å². The van der Waals surface area contributed by atoms with Gasteiger partial charge in [-0.05, 0) is 41.0 Å². The second-order valence-electron chi connectivity index (χ2n) is 10.3. The summed E-state index contributed by atoms with van der Waals surface area (Å²) < 4.78 is 6.84. The van der Waals surface area contributed by atoms with Crippen LogP contribution in [0.25, 0.3) is 0 Å². The fourth-order valence-electron chi connectivity index (χ4n) is 4.84. The maximum Gasteiger partial charge on any atom is 0.137 e. The maximum atomic E-state index is 10.5. The molecule has 152 valence electrons. The van der Waals surface area contributed by atoms with Crippen LogP contribution in [-0.2, 0) is 5.41 Å². The Kier molecular flexibility index (Phi) is 7.15. The molecule has 0 radical (unpaired) electrons. The van der Waals surface area contributed by atoms with E-state index < -0.39 is 6.10 Å². The van der Waals surface area contributed by atoms with Crippen molar-refractivity contribution >= 4 is 0 Å². The van der Waals surface area contributed by atoms with E-state index in [1.807, 2.05) is 18.2 Å². The van der Waals surface area contributed by atoms with Crippen molar-refractivity contribution in [2.45, 2.75) is 65.4 Å². The molecule has 0 saturated carbocycles. The van der Waals surface area contributed by atoms with Crippen LogP contribution in [0.5, 0.6) is 5.75 Å². The van der Waals surface area contributed by atoms with Gasteiger partial charge in [0.2, 0.25) is 0 Å². The molecule has 1 N–H and O–H groups in total. The van der Waals surface area contributed by atoms with Crippen molar-refractivity contribution in [2.24, 2.45) is 5.41 Å². The van der Waals surface area contributed by atoms with E-state index in [0.717, 1.165) is 42.8 Å². The summed E-state index contributed by atoms with van der Waals surface area (Å²) in [5, 5.41) is 10.5. The van der Waals surface area contributed by atoms with E-state index in [0.29, 0.717) is 12.0 Å². The molecule has 1 fully saturated rings. The van der Waals surface area contributed by atoms with Crippen LogP contribution < -0.4 is 4.74 Å². The zero-order chi connectivity index (χ0) is 20.1. The summed E-state index contributed by atoms with van der Waals surface area (Å²) in [5.41, 5.74) is 1.76. The molecular weight excluding hydrogens is 334 g/mol. The van der Waals surface area contributed by atoms with Crippen molar-refractivity contribution in [2.75, 3.05) is 32.8 Å². The number of rotatable bonds is 9. The molecule has 0 aliphatic carbocycles. The first-order chi connectivity index (χ1) is 12.6. The van der Waals surface area contributed by atoms with Crippen LogP contribution in [0.4, 0.5) is 0 Å². The topological polar surface area (TPSA) is 29.5 Å². The Morgan fingerprint density at radius 2 is 1.70 bits per heavy atom. The van der Waals surface area contributed by atoms with E-state index in [4.69, 9.17) is 4.74 Å². The third-order valence-corrected chi connectivity index (χ3v) is 5.68. The molecule has 3 heteroatoms. The van der Waals surface area contributed by atoms with Gasteiger partial charge in [-0.3, -0.25) is 0 Å². The summed E-state index contributed by atoms with van der Waals surface area (Å²) >= 11 is 0. The molecule has 1 saturated heterocycles. The fourth-order valence-corrected chi connectivity index (χ4v) is 4.84. The normalized spacial score (nSPS) is 18.3. The highest BCUT2D eigenvalue weighted by Gasteiger charge is 2.33. The minimum Gasteiger partial charge on any atom is -0.491 e. The minimum atomic E-state index is -0.444. The van der Waals surface area contributed by atoms with Gasteiger partial charge in [-0.2, -0.15) is 0 Å². The molecule has 1 heterocycles. The van der Waals surface area contributed by atoms with E-state index in [-0.39, 0.29) is 5.41 Å². The Hall–Kier alpha value is -1.32. The van der Waals surface area contributed by atoms with Crippen LogP contribution in [0.15, 0.2) is 36.9 Å². The Morgan fingerprint density at radius 1 is 1.11 bits per heavy atom. The van der Waals surface area contributed by atoms with E-state index >= 15 is 0 Å². The Morgan fingerprint density at radius 3 is 2.22 bits per heavy atom. The number of hydrogen-bond donors (Lipinski definition) is 1. The summed E-state index contributed by atoms with van der Waals surface area (Å²) in [6, 6.07) is 8.41. The third kappa shape index (κ3) is 6.65. The van der Waals surface area contributed by atoms with Crippen LogP contribution in [0.1, 0.15) is 59.4 Å². The smallest absolute Gasteiger partial charge is 0.137 e. The zero-order valence-corrected chi connectivity index (χ0v) is 18.1. The molecular formula is C24H40NO2+. The quantitative estimate of drug-likeness (QED) is 0.490. The van der Waals surface area contributed by atoms with Gasteiger partial charge in [0, 0.05) is 12.8 Å². The standard InChI is InChI=1S/C24H40NO2/c1-7-14-25(15-8-9-16-25)17-21(26)18-27-22-12-10-20(11-13-22)24(5,6)19-23(2,3)4/h7,10-13,21,26H,1,8-9,14-19H2,2-6H3/q+1/t21-/m0/s1. The van der Waals surface area contributed by atoms with E-state index in [1.54, 1.807) is 0 Å². The number of nitrogens with zero attached hydrogens (tertiary/aromatic N) is 1. The highest BCUT2D eigenvalue weighted by Crippen LogP contribution is 2.36. The lowest BCUT2D eigenvalue weighted by Crippen LogP contribution is -2.51. The van der Waals surface area contributed by atoms with Gasteiger partial charge in [0.05, 0.1) is 19.6 Å². The highest BCUT2D eigenvalue weighted by molar-refractivity contribution is 5.31. The lowest BCUT2D eigenvalue weighted by molar-refractivity contribution is -0.914. The molecule has 0 aromatic heterocycles. The Balaban J connectivity index is 1.90. The number of aliphatic hydroxyl groups is 1. The van der Waals surface area contributed by atoms with Gasteiger partial charge >= 0.3 is 0 Å². The SMILES string of the molecule is C=CC[N+]1(C[C@H](O)COc2ccc(C(C)(C)CC(C)(C)C)cc2)CCCC1. The van der Waals surface area contributed by atoms with Gasteiger partial charge in [0.1, 0.15) is 25.0 Å². The monoisotopic (exact) mass is 374 g/mol. The van der Waals surface area contributed by atoms with Crippen molar-refractivity contribution in [1.82, 2.24) is 0 Å². The Bertz CT molecular complexity index is 592. The summed E-state index contributed by atoms with van der Waals surface area (Å²) in [4.78, 5) is 0. The van der Waals surface area contributed by atoms with Gasteiger partial charge in [-0.1, -0.05) is 53.3 Å². The van der Waals surface area contributed by atoms with Crippen molar-refractivity contribution in [1.29, 1.82) is 0 Å². The molecule has 0 amide bonds. The first-order valence-electron chi connectivity index (χ1n) is 10.4. The van der Waals surface area contributed by atoms with Crippen molar-refractivity contribution in [3.63, 3.8) is 0 Å². The molecule has 0 unspecified atom stereocenters. The number of quaternary nitrogens is 1. The van der Waals surface area contributed by atoms with Crippen LogP contribution in [0.2, 0.25) is 0 Å². The first-order valence-corrected chi connectivity index (χ1v) is 10.4. The average Bonchev–Trinajstić information content (AvgIpc) is 2.99. The predicted octanol–water partition coefficient (Wildman–Crippen LogP) is 4.94. The van der Waals surface area contributed by atoms with E-state index in [9.17, 15) is 5.11 Å². The van der Waals surface area contributed by atoms with Crippen molar-refractivity contribution < 1.29 is 14.3 Å². The second kappa shape index (κ2) is 8.79. The third-order valence-electron chi connectivity index (χ3n) is 5.68.